The molecule has 0 bridgehead atoms. The van der Waals surface area contributed by atoms with Gasteiger partial charge in [-0.25, -0.2) is 4.39 Å². The highest BCUT2D eigenvalue weighted by Crippen LogP contribution is 2.24. The fraction of sp³-hybridized carbons (Fsp3) is 0.235. The predicted molar refractivity (Wildman–Crippen MR) is 93.4 cm³/mol. The molecule has 3 nitrogen and oxygen atoms in total. The van der Waals surface area contributed by atoms with Crippen LogP contribution in [0, 0.1) is 5.82 Å². The van der Waals surface area contributed by atoms with Crippen LogP contribution in [0.4, 0.5) is 10.1 Å². The lowest BCUT2D eigenvalue weighted by Gasteiger charge is -2.10. The molecule has 3 rings (SSSR count). The minimum absolute atomic E-state index is 0.150. The monoisotopic (exact) mass is 396 g/mol. The molecule has 0 unspecified atom stereocenters. The number of benzene rings is 2. The first-order valence-corrected chi connectivity index (χ1v) is 8.48. The number of anilines is 1. The average molecular weight is 398 g/mol. The zero-order valence-corrected chi connectivity index (χ0v) is 14.5. The van der Waals surface area contributed by atoms with Crippen LogP contribution in [0.5, 0.6) is 0 Å². The van der Waals surface area contributed by atoms with Gasteiger partial charge < -0.3 is 10.6 Å². The molecule has 2 aromatic rings. The van der Waals surface area contributed by atoms with Gasteiger partial charge in [0.05, 0.1) is 10.6 Å². The summed E-state index contributed by atoms with van der Waals surface area (Å²) in [6.07, 6.45) is 2.06. The van der Waals surface area contributed by atoms with Crippen LogP contribution < -0.4 is 10.6 Å². The highest BCUT2D eigenvalue weighted by molar-refractivity contribution is 9.10. The second kappa shape index (κ2) is 6.89. The van der Waals surface area contributed by atoms with E-state index in [0.717, 1.165) is 18.5 Å². The third-order valence-corrected chi connectivity index (χ3v) is 4.43. The molecular weight excluding hydrogens is 383 g/mol. The van der Waals surface area contributed by atoms with E-state index in [1.165, 1.54) is 6.07 Å². The lowest BCUT2D eigenvalue weighted by atomic mass is 10.1. The van der Waals surface area contributed by atoms with E-state index in [1.807, 2.05) is 0 Å². The number of halogens is 3. The number of hydrogen-bond acceptors (Lipinski definition) is 2. The number of carbonyl (C=O) groups is 1. The van der Waals surface area contributed by atoms with E-state index >= 15 is 0 Å². The van der Waals surface area contributed by atoms with Crippen LogP contribution in [0.15, 0.2) is 40.9 Å². The first-order valence-electron chi connectivity index (χ1n) is 7.31. The lowest BCUT2D eigenvalue weighted by molar-refractivity contribution is 0.0951. The van der Waals surface area contributed by atoms with Gasteiger partial charge in [0, 0.05) is 28.3 Å². The number of amides is 1. The molecule has 1 fully saturated rings. The molecule has 0 aliphatic heterocycles. The van der Waals surface area contributed by atoms with E-state index in [2.05, 4.69) is 26.6 Å². The van der Waals surface area contributed by atoms with E-state index in [1.54, 1.807) is 30.3 Å². The average Bonchev–Trinajstić information content (AvgIpc) is 3.30. The minimum Gasteiger partial charge on any atom is -0.381 e. The number of carbonyl (C=O) groups excluding carboxylic acids is 1. The van der Waals surface area contributed by atoms with Crippen molar-refractivity contribution in [1.82, 2.24) is 5.32 Å². The molecule has 0 radical (unpaired) electrons. The molecule has 1 aliphatic rings. The summed E-state index contributed by atoms with van der Waals surface area (Å²) in [7, 11) is 0. The van der Waals surface area contributed by atoms with Gasteiger partial charge in [-0.3, -0.25) is 4.79 Å². The van der Waals surface area contributed by atoms with Crippen molar-refractivity contribution in [3.8, 4) is 0 Å². The van der Waals surface area contributed by atoms with Crippen molar-refractivity contribution >= 4 is 39.1 Å². The van der Waals surface area contributed by atoms with Crippen molar-refractivity contribution in [1.29, 1.82) is 0 Å². The fourth-order valence-electron chi connectivity index (χ4n) is 2.16. The van der Waals surface area contributed by atoms with Crippen molar-refractivity contribution in [3.63, 3.8) is 0 Å². The molecule has 0 spiro atoms. The highest BCUT2D eigenvalue weighted by atomic mass is 79.9. The van der Waals surface area contributed by atoms with Gasteiger partial charge in [0.2, 0.25) is 0 Å². The summed E-state index contributed by atoms with van der Waals surface area (Å²) in [5.74, 6) is -0.429. The molecule has 0 atom stereocenters. The van der Waals surface area contributed by atoms with Gasteiger partial charge in [-0.2, -0.15) is 0 Å². The van der Waals surface area contributed by atoms with Crippen molar-refractivity contribution in [2.24, 2.45) is 0 Å². The van der Waals surface area contributed by atoms with Gasteiger partial charge in [-0.1, -0.05) is 33.6 Å². The van der Waals surface area contributed by atoms with Crippen LogP contribution in [0.2, 0.25) is 5.02 Å². The molecule has 6 heteroatoms. The van der Waals surface area contributed by atoms with Gasteiger partial charge in [0.15, 0.2) is 0 Å². The Balaban J connectivity index is 1.66. The second-order valence-electron chi connectivity index (χ2n) is 5.53. The Labute approximate surface area is 147 Å². The maximum atomic E-state index is 13.8. The molecule has 1 aliphatic carbocycles. The van der Waals surface area contributed by atoms with Gasteiger partial charge >= 0.3 is 0 Å². The Kier molecular flexibility index (Phi) is 4.87. The quantitative estimate of drug-likeness (QED) is 0.765. The van der Waals surface area contributed by atoms with Crippen LogP contribution in [-0.2, 0) is 6.54 Å². The molecule has 23 heavy (non-hydrogen) atoms. The zero-order chi connectivity index (χ0) is 16.4. The predicted octanol–water partition coefficient (Wildman–Crippen LogP) is 4.75. The van der Waals surface area contributed by atoms with Crippen LogP contribution in [0.1, 0.15) is 28.8 Å². The summed E-state index contributed by atoms with van der Waals surface area (Å²) < 4.78 is 14.5. The van der Waals surface area contributed by atoms with Crippen LogP contribution in [0.3, 0.4) is 0 Å². The maximum absolute atomic E-state index is 13.8. The number of nitrogens with one attached hydrogen (secondary N) is 2. The van der Waals surface area contributed by atoms with E-state index in [4.69, 9.17) is 11.6 Å². The standard InChI is InChI=1S/C17H15BrClFN2O/c18-11-2-1-10(16(20)7-11)9-21-13-5-6-14(15(19)8-13)17(23)22-12-3-4-12/h1-2,5-8,12,21H,3-4,9H2,(H,22,23). The van der Waals surface area contributed by atoms with Gasteiger partial charge in [-0.15, -0.1) is 0 Å². The summed E-state index contributed by atoms with van der Waals surface area (Å²) >= 11 is 9.41. The SMILES string of the molecule is O=C(NC1CC1)c1ccc(NCc2ccc(Br)cc2F)cc1Cl. The topological polar surface area (TPSA) is 41.1 Å². The molecule has 2 N–H and O–H groups in total. The third-order valence-electron chi connectivity index (χ3n) is 3.62. The van der Waals surface area contributed by atoms with E-state index in [9.17, 15) is 9.18 Å². The number of rotatable bonds is 5. The summed E-state index contributed by atoms with van der Waals surface area (Å²) in [6, 6.07) is 10.3. The highest BCUT2D eigenvalue weighted by Gasteiger charge is 2.24. The van der Waals surface area contributed by atoms with E-state index < -0.39 is 0 Å². The Morgan fingerprint density at radius 3 is 2.70 bits per heavy atom. The lowest BCUT2D eigenvalue weighted by Crippen LogP contribution is -2.25. The Bertz CT molecular complexity index is 749. The Hall–Kier alpha value is -1.59. The van der Waals surface area contributed by atoms with E-state index in [0.29, 0.717) is 27.2 Å². The summed E-state index contributed by atoms with van der Waals surface area (Å²) in [5.41, 5.74) is 1.75. The normalized spacial score (nSPS) is 13.7. The van der Waals surface area contributed by atoms with Crippen LogP contribution in [-0.4, -0.2) is 11.9 Å². The minimum atomic E-state index is -0.279. The zero-order valence-electron chi connectivity index (χ0n) is 12.2. The summed E-state index contributed by atoms with van der Waals surface area (Å²) in [5, 5.41) is 6.39. The van der Waals surface area contributed by atoms with Gasteiger partial charge in [0.25, 0.3) is 5.91 Å². The molecule has 1 amide bonds. The third kappa shape index (κ3) is 4.24. The van der Waals surface area contributed by atoms with Gasteiger partial charge in [-0.05, 0) is 43.2 Å². The molecule has 2 aromatic carbocycles. The second-order valence-corrected chi connectivity index (χ2v) is 6.85. The van der Waals surface area contributed by atoms with Crippen LogP contribution in [0.25, 0.3) is 0 Å². The largest absolute Gasteiger partial charge is 0.381 e. The maximum Gasteiger partial charge on any atom is 0.253 e. The molecule has 0 aromatic heterocycles. The fourth-order valence-corrected chi connectivity index (χ4v) is 2.76. The van der Waals surface area contributed by atoms with Crippen LogP contribution >= 0.6 is 27.5 Å². The van der Waals surface area contributed by atoms with Crippen molar-refractivity contribution in [3.05, 3.63) is 62.8 Å². The van der Waals surface area contributed by atoms with Gasteiger partial charge in [0.1, 0.15) is 5.82 Å². The van der Waals surface area contributed by atoms with Crippen molar-refractivity contribution in [2.75, 3.05) is 5.32 Å². The molecular formula is C17H15BrClFN2O. The molecule has 120 valence electrons. The van der Waals surface area contributed by atoms with Crippen molar-refractivity contribution < 1.29 is 9.18 Å². The molecule has 1 saturated carbocycles. The first-order chi connectivity index (χ1) is 11.0. The Morgan fingerprint density at radius 1 is 1.26 bits per heavy atom. The molecule has 0 saturated heterocycles. The van der Waals surface area contributed by atoms with E-state index in [-0.39, 0.29) is 17.8 Å². The Morgan fingerprint density at radius 2 is 2.04 bits per heavy atom. The smallest absolute Gasteiger partial charge is 0.253 e. The number of hydrogen-bond donors (Lipinski definition) is 2. The first kappa shape index (κ1) is 16.3. The molecule has 0 heterocycles. The summed E-state index contributed by atoms with van der Waals surface area (Å²) in [6.45, 7) is 0.336. The van der Waals surface area contributed by atoms with Crippen molar-refractivity contribution in [2.45, 2.75) is 25.4 Å². The summed E-state index contributed by atoms with van der Waals surface area (Å²) in [4.78, 5) is 12.0.